The predicted octanol–water partition coefficient (Wildman–Crippen LogP) is 2.09. The Morgan fingerprint density at radius 1 is 1.44 bits per heavy atom. The van der Waals surface area contributed by atoms with Crippen molar-refractivity contribution >= 4 is 17.5 Å². The maximum absolute atomic E-state index is 11.7. The minimum atomic E-state index is -4.42. The second-order valence-corrected chi connectivity index (χ2v) is 4.65. The zero-order valence-corrected chi connectivity index (χ0v) is 10.1. The number of amides is 1. The number of carbonyl (C=O) groups excluding carboxylic acids is 1. The first-order valence-electron chi connectivity index (χ1n) is 4.64. The van der Waals surface area contributed by atoms with Crippen LogP contribution in [0.25, 0.3) is 0 Å². The van der Waals surface area contributed by atoms with Crippen molar-refractivity contribution in [1.29, 1.82) is 0 Å². The second-order valence-electron chi connectivity index (χ2n) is 3.99. The van der Waals surface area contributed by atoms with Gasteiger partial charge in [-0.2, -0.15) is 13.2 Å². The Kier molecular flexibility index (Phi) is 5.55. The van der Waals surface area contributed by atoms with Crippen LogP contribution in [0.15, 0.2) is 0 Å². The molecule has 0 aliphatic heterocycles. The van der Waals surface area contributed by atoms with Crippen molar-refractivity contribution in [2.45, 2.75) is 37.9 Å². The highest BCUT2D eigenvalue weighted by atomic mass is 35.5. The fraction of sp³-hybridized carbons (Fsp3) is 0.889. The first kappa shape index (κ1) is 15.5. The van der Waals surface area contributed by atoms with Crippen molar-refractivity contribution in [2.75, 3.05) is 13.2 Å². The van der Waals surface area contributed by atoms with E-state index in [1.807, 2.05) is 0 Å². The first-order valence-corrected chi connectivity index (χ1v) is 5.08. The smallest absolute Gasteiger partial charge is 0.362 e. The van der Waals surface area contributed by atoms with Crippen LogP contribution in [-0.2, 0) is 9.53 Å². The van der Waals surface area contributed by atoms with Gasteiger partial charge < -0.3 is 10.1 Å². The summed E-state index contributed by atoms with van der Waals surface area (Å²) in [5.74, 6) is -0.623. The van der Waals surface area contributed by atoms with E-state index in [1.54, 1.807) is 20.8 Å². The number of hydrogen-bond donors (Lipinski definition) is 1. The van der Waals surface area contributed by atoms with Gasteiger partial charge in [-0.15, -0.1) is 11.6 Å². The van der Waals surface area contributed by atoms with Crippen LogP contribution in [0.5, 0.6) is 0 Å². The predicted molar refractivity (Wildman–Crippen MR) is 54.4 cm³/mol. The number of halogens is 4. The van der Waals surface area contributed by atoms with Gasteiger partial charge in [0.2, 0.25) is 5.91 Å². The maximum Gasteiger partial charge on any atom is 0.411 e. The molecule has 0 bridgehead atoms. The maximum atomic E-state index is 11.7. The van der Waals surface area contributed by atoms with Crippen molar-refractivity contribution in [1.82, 2.24) is 5.32 Å². The van der Waals surface area contributed by atoms with Crippen LogP contribution in [0.1, 0.15) is 20.8 Å². The largest absolute Gasteiger partial charge is 0.411 e. The summed E-state index contributed by atoms with van der Waals surface area (Å²) in [5.41, 5.74) is -0.694. The average molecular weight is 262 g/mol. The summed E-state index contributed by atoms with van der Waals surface area (Å²) in [7, 11) is 0. The zero-order chi connectivity index (χ0) is 13.0. The monoisotopic (exact) mass is 261 g/mol. The van der Waals surface area contributed by atoms with Crippen LogP contribution < -0.4 is 5.32 Å². The summed E-state index contributed by atoms with van der Waals surface area (Å²) < 4.78 is 39.3. The summed E-state index contributed by atoms with van der Waals surface area (Å²) in [6.45, 7) is 2.96. The van der Waals surface area contributed by atoms with Crippen molar-refractivity contribution in [3.05, 3.63) is 0 Å². The molecule has 0 aliphatic rings. The Morgan fingerprint density at radius 3 is 2.31 bits per heavy atom. The first-order chi connectivity index (χ1) is 7.04. The van der Waals surface area contributed by atoms with E-state index in [4.69, 9.17) is 11.6 Å². The molecule has 0 aromatic rings. The lowest BCUT2D eigenvalue weighted by Gasteiger charge is -2.28. The highest BCUT2D eigenvalue weighted by Crippen LogP contribution is 2.15. The van der Waals surface area contributed by atoms with Crippen LogP contribution in [-0.4, -0.2) is 36.2 Å². The molecule has 3 nitrogen and oxygen atoms in total. The third kappa shape index (κ3) is 6.90. The molecular formula is C9H15ClF3NO2. The van der Waals surface area contributed by atoms with E-state index in [0.29, 0.717) is 0 Å². The summed E-state index contributed by atoms with van der Waals surface area (Å²) >= 11 is 5.78. The number of nitrogens with one attached hydrogen (secondary N) is 1. The molecule has 0 saturated carbocycles. The third-order valence-electron chi connectivity index (χ3n) is 1.95. The molecule has 0 radical (unpaired) electrons. The summed E-state index contributed by atoms with van der Waals surface area (Å²) in [4.78, 5) is 11.2. The summed E-state index contributed by atoms with van der Waals surface area (Å²) in [6, 6.07) is 0. The normalized spacial score (nSPS) is 14.7. The molecule has 1 amide bonds. The lowest BCUT2D eigenvalue weighted by Crippen LogP contribution is -2.50. The van der Waals surface area contributed by atoms with E-state index in [9.17, 15) is 18.0 Å². The highest BCUT2D eigenvalue weighted by Gasteiger charge is 2.29. The molecule has 0 aromatic heterocycles. The zero-order valence-electron chi connectivity index (χ0n) is 9.32. The molecule has 16 heavy (non-hydrogen) atoms. The Balaban J connectivity index is 3.93. The van der Waals surface area contributed by atoms with E-state index in [2.05, 4.69) is 10.1 Å². The quantitative estimate of drug-likeness (QED) is 0.770. The van der Waals surface area contributed by atoms with Gasteiger partial charge in [-0.05, 0) is 20.8 Å². The molecule has 1 atom stereocenters. The molecule has 0 saturated heterocycles. The molecule has 0 rings (SSSR count). The van der Waals surface area contributed by atoms with Gasteiger partial charge in [0, 0.05) is 0 Å². The van der Waals surface area contributed by atoms with E-state index in [0.717, 1.165) is 0 Å². The minimum absolute atomic E-state index is 0.348. The average Bonchev–Trinajstić information content (AvgIpc) is 1.99. The van der Waals surface area contributed by atoms with Gasteiger partial charge in [-0.1, -0.05) is 0 Å². The van der Waals surface area contributed by atoms with Crippen LogP contribution in [0.3, 0.4) is 0 Å². The van der Waals surface area contributed by atoms with Crippen LogP contribution in [0.2, 0.25) is 0 Å². The number of carbonyl (C=O) groups is 1. The van der Waals surface area contributed by atoms with E-state index >= 15 is 0 Å². The van der Waals surface area contributed by atoms with Crippen LogP contribution in [0, 0.1) is 0 Å². The van der Waals surface area contributed by atoms with Crippen molar-refractivity contribution in [2.24, 2.45) is 0 Å². The molecule has 0 spiro atoms. The molecule has 7 heteroatoms. The number of ether oxygens (including phenoxy) is 1. The molecular weight excluding hydrogens is 247 g/mol. The molecule has 0 aromatic carbocycles. The fourth-order valence-electron chi connectivity index (χ4n) is 0.754. The number of rotatable bonds is 5. The van der Waals surface area contributed by atoms with Gasteiger partial charge in [0.15, 0.2) is 0 Å². The van der Waals surface area contributed by atoms with E-state index in [1.165, 1.54) is 0 Å². The van der Waals surface area contributed by atoms with Gasteiger partial charge in [0.25, 0.3) is 0 Å². The standard InChI is InChI=1S/C9H15ClF3NO2/c1-6(10)8(2,3)14-7(15)4-16-5-9(11,12)13/h6H,4-5H2,1-3H3,(H,14,15). The summed E-state index contributed by atoms with van der Waals surface area (Å²) in [6.07, 6.45) is -4.42. The number of alkyl halides is 4. The Morgan fingerprint density at radius 2 is 1.94 bits per heavy atom. The van der Waals surface area contributed by atoms with Gasteiger partial charge in [0.05, 0.1) is 10.9 Å². The lowest BCUT2D eigenvalue weighted by molar-refractivity contribution is -0.175. The van der Waals surface area contributed by atoms with Gasteiger partial charge in [-0.25, -0.2) is 0 Å². The van der Waals surface area contributed by atoms with Gasteiger partial charge in [0.1, 0.15) is 13.2 Å². The Bertz CT molecular complexity index is 241. The SMILES string of the molecule is CC(Cl)C(C)(C)NC(=O)COCC(F)(F)F. The molecule has 1 N–H and O–H groups in total. The Hall–Kier alpha value is -0.490. The van der Waals surface area contributed by atoms with Crippen molar-refractivity contribution in [3.8, 4) is 0 Å². The molecule has 0 heterocycles. The van der Waals surface area contributed by atoms with Gasteiger partial charge >= 0.3 is 6.18 Å². The van der Waals surface area contributed by atoms with Crippen molar-refractivity contribution < 1.29 is 22.7 Å². The molecule has 0 fully saturated rings. The van der Waals surface area contributed by atoms with Gasteiger partial charge in [-0.3, -0.25) is 4.79 Å². The Labute approximate surface area is 97.3 Å². The van der Waals surface area contributed by atoms with Crippen LogP contribution >= 0.6 is 11.6 Å². The minimum Gasteiger partial charge on any atom is -0.362 e. The topological polar surface area (TPSA) is 38.3 Å². The summed E-state index contributed by atoms with van der Waals surface area (Å²) in [5, 5.41) is 2.13. The third-order valence-corrected chi connectivity index (χ3v) is 2.50. The number of hydrogen-bond acceptors (Lipinski definition) is 2. The van der Waals surface area contributed by atoms with Crippen molar-refractivity contribution in [3.63, 3.8) is 0 Å². The molecule has 96 valence electrons. The second kappa shape index (κ2) is 5.72. The fourth-order valence-corrected chi connectivity index (χ4v) is 0.809. The lowest BCUT2D eigenvalue weighted by atomic mass is 10.0. The highest BCUT2D eigenvalue weighted by molar-refractivity contribution is 6.21. The van der Waals surface area contributed by atoms with E-state index in [-0.39, 0.29) is 5.38 Å². The molecule has 0 aliphatic carbocycles. The van der Waals surface area contributed by atoms with E-state index < -0.39 is 30.8 Å². The van der Waals surface area contributed by atoms with Crippen LogP contribution in [0.4, 0.5) is 13.2 Å². The molecule has 1 unspecified atom stereocenters.